The van der Waals surface area contributed by atoms with Gasteiger partial charge in [-0.25, -0.2) is 0 Å². The highest BCUT2D eigenvalue weighted by molar-refractivity contribution is 9.10. The summed E-state index contributed by atoms with van der Waals surface area (Å²) in [6.07, 6.45) is 0. The molecule has 0 radical (unpaired) electrons. The van der Waals surface area contributed by atoms with Gasteiger partial charge in [0.25, 0.3) is 0 Å². The van der Waals surface area contributed by atoms with Crippen LogP contribution in [-0.2, 0) is 16.1 Å². The molecule has 1 atom stereocenters. The van der Waals surface area contributed by atoms with Gasteiger partial charge in [0, 0.05) is 11.0 Å². The number of rotatable bonds is 3. The number of halogens is 1. The van der Waals surface area contributed by atoms with Crippen LogP contribution in [0.3, 0.4) is 0 Å². The second-order valence-electron chi connectivity index (χ2n) is 6.31. The van der Waals surface area contributed by atoms with E-state index < -0.39 is 11.6 Å². The van der Waals surface area contributed by atoms with E-state index in [-0.39, 0.29) is 17.7 Å². The predicted molar refractivity (Wildman–Crippen MR) is 85.5 cm³/mol. The van der Waals surface area contributed by atoms with Crippen LogP contribution in [0.2, 0.25) is 0 Å². The molecule has 1 aliphatic heterocycles. The van der Waals surface area contributed by atoms with Crippen LogP contribution in [0, 0.1) is 5.92 Å². The summed E-state index contributed by atoms with van der Waals surface area (Å²) in [6, 6.07) is 7.36. The van der Waals surface area contributed by atoms with Crippen molar-refractivity contribution in [1.82, 2.24) is 10.2 Å². The minimum atomic E-state index is -0.842. The van der Waals surface area contributed by atoms with Gasteiger partial charge in [-0.1, -0.05) is 41.9 Å². The molecule has 1 aromatic rings. The molecule has 1 unspecified atom stereocenters. The first-order chi connectivity index (χ1) is 9.73. The molecular formula is C16H21BrN2O2. The summed E-state index contributed by atoms with van der Waals surface area (Å²) < 4.78 is 0.965. The maximum Gasteiger partial charge on any atom is 0.246 e. The number of nitrogens with one attached hydrogen (secondary N) is 1. The van der Waals surface area contributed by atoms with Crippen molar-refractivity contribution in [3.05, 3.63) is 34.3 Å². The van der Waals surface area contributed by atoms with E-state index in [0.29, 0.717) is 6.54 Å². The number of carbonyl (C=O) groups excluding carboxylic acids is 2. The fraction of sp³-hybridized carbons (Fsp3) is 0.500. The molecule has 0 aliphatic carbocycles. The molecule has 0 spiro atoms. The maximum absolute atomic E-state index is 12.7. The van der Waals surface area contributed by atoms with E-state index in [9.17, 15) is 9.59 Å². The van der Waals surface area contributed by atoms with E-state index in [2.05, 4.69) is 21.2 Å². The molecule has 21 heavy (non-hydrogen) atoms. The van der Waals surface area contributed by atoms with E-state index in [1.54, 1.807) is 18.7 Å². The van der Waals surface area contributed by atoms with Gasteiger partial charge >= 0.3 is 0 Å². The lowest BCUT2D eigenvalue weighted by Crippen LogP contribution is -2.69. The maximum atomic E-state index is 12.7. The second-order valence-corrected chi connectivity index (χ2v) is 7.22. The lowest BCUT2D eigenvalue weighted by molar-refractivity contribution is -0.157. The molecule has 114 valence electrons. The Morgan fingerprint density at radius 1 is 1.33 bits per heavy atom. The van der Waals surface area contributed by atoms with E-state index in [4.69, 9.17) is 0 Å². The van der Waals surface area contributed by atoms with Crippen LogP contribution in [-0.4, -0.2) is 28.3 Å². The number of hydrogen-bond acceptors (Lipinski definition) is 2. The number of carbonyl (C=O) groups is 2. The standard InChI is InChI=1S/C16H21BrN2O2/c1-10(2)13-14(20)19(16(3,4)15(21)18-13)9-11-6-5-7-12(17)8-11/h5-8,10,13H,9H2,1-4H3,(H,18,21). The minimum absolute atomic E-state index is 0.0189. The first-order valence-electron chi connectivity index (χ1n) is 7.10. The van der Waals surface area contributed by atoms with Gasteiger partial charge in [-0.15, -0.1) is 0 Å². The molecule has 1 saturated heterocycles. The summed E-state index contributed by atoms with van der Waals surface area (Å²) in [7, 11) is 0. The fourth-order valence-corrected chi connectivity index (χ4v) is 2.94. The van der Waals surface area contributed by atoms with Gasteiger partial charge < -0.3 is 10.2 Å². The van der Waals surface area contributed by atoms with Gasteiger partial charge in [0.15, 0.2) is 0 Å². The highest BCUT2D eigenvalue weighted by atomic mass is 79.9. The molecule has 1 aromatic carbocycles. The largest absolute Gasteiger partial charge is 0.342 e. The highest BCUT2D eigenvalue weighted by Gasteiger charge is 2.46. The highest BCUT2D eigenvalue weighted by Crippen LogP contribution is 2.26. The van der Waals surface area contributed by atoms with Gasteiger partial charge in [-0.05, 0) is 37.5 Å². The zero-order valence-corrected chi connectivity index (χ0v) is 14.4. The van der Waals surface area contributed by atoms with Crippen molar-refractivity contribution in [2.24, 2.45) is 5.92 Å². The smallest absolute Gasteiger partial charge is 0.246 e. The molecule has 0 saturated carbocycles. The number of amides is 2. The Balaban J connectivity index is 2.32. The van der Waals surface area contributed by atoms with Gasteiger partial charge in [0.2, 0.25) is 11.8 Å². The Morgan fingerprint density at radius 3 is 2.57 bits per heavy atom. The predicted octanol–water partition coefficient (Wildman–Crippen LogP) is 2.71. The summed E-state index contributed by atoms with van der Waals surface area (Å²) >= 11 is 3.43. The molecule has 1 heterocycles. The Kier molecular flexibility index (Phi) is 4.42. The SMILES string of the molecule is CC(C)C1NC(=O)C(C)(C)N(Cc2cccc(Br)c2)C1=O. The molecule has 2 amide bonds. The first kappa shape index (κ1) is 16.0. The summed E-state index contributed by atoms with van der Waals surface area (Å²) in [5.74, 6) is -0.0482. The van der Waals surface area contributed by atoms with Crippen molar-refractivity contribution >= 4 is 27.7 Å². The van der Waals surface area contributed by atoms with Gasteiger partial charge in [-0.3, -0.25) is 9.59 Å². The number of hydrogen-bond donors (Lipinski definition) is 1. The number of piperazine rings is 1. The summed E-state index contributed by atoms with van der Waals surface area (Å²) in [5, 5.41) is 2.84. The van der Waals surface area contributed by atoms with Crippen LogP contribution >= 0.6 is 15.9 Å². The molecular weight excluding hydrogens is 332 g/mol. The van der Waals surface area contributed by atoms with Crippen molar-refractivity contribution in [3.63, 3.8) is 0 Å². The van der Waals surface area contributed by atoms with Crippen LogP contribution in [0.5, 0.6) is 0 Å². The Morgan fingerprint density at radius 2 is 2.00 bits per heavy atom. The third kappa shape index (κ3) is 3.12. The van der Waals surface area contributed by atoms with E-state index >= 15 is 0 Å². The van der Waals surface area contributed by atoms with Crippen LogP contribution in [0.25, 0.3) is 0 Å². The summed E-state index contributed by atoms with van der Waals surface area (Å²) in [5.41, 5.74) is 0.160. The lowest BCUT2D eigenvalue weighted by atomic mass is 9.91. The lowest BCUT2D eigenvalue weighted by Gasteiger charge is -2.45. The van der Waals surface area contributed by atoms with Crippen molar-refractivity contribution in [2.45, 2.75) is 45.8 Å². The second kappa shape index (κ2) is 5.79. The third-order valence-corrected chi connectivity index (χ3v) is 4.44. The average Bonchev–Trinajstić information content (AvgIpc) is 2.39. The number of nitrogens with zero attached hydrogens (tertiary/aromatic N) is 1. The van der Waals surface area contributed by atoms with Crippen molar-refractivity contribution in [1.29, 1.82) is 0 Å². The monoisotopic (exact) mass is 352 g/mol. The van der Waals surface area contributed by atoms with Gasteiger partial charge in [-0.2, -0.15) is 0 Å². The Hall–Kier alpha value is -1.36. The average molecular weight is 353 g/mol. The zero-order valence-electron chi connectivity index (χ0n) is 12.8. The fourth-order valence-electron chi connectivity index (χ4n) is 2.49. The minimum Gasteiger partial charge on any atom is -0.342 e. The van der Waals surface area contributed by atoms with Gasteiger partial charge in [0.05, 0.1) is 0 Å². The van der Waals surface area contributed by atoms with Gasteiger partial charge in [0.1, 0.15) is 11.6 Å². The Bertz CT molecular complexity index is 569. The molecule has 1 aliphatic rings. The molecule has 1 fully saturated rings. The normalized spacial score (nSPS) is 21.6. The molecule has 1 N–H and O–H groups in total. The topological polar surface area (TPSA) is 49.4 Å². The van der Waals surface area contributed by atoms with Crippen LogP contribution < -0.4 is 5.32 Å². The molecule has 5 heteroatoms. The van der Waals surface area contributed by atoms with Crippen LogP contribution in [0.1, 0.15) is 33.3 Å². The van der Waals surface area contributed by atoms with Crippen molar-refractivity contribution in [3.8, 4) is 0 Å². The van der Waals surface area contributed by atoms with E-state index in [1.165, 1.54) is 0 Å². The van der Waals surface area contributed by atoms with E-state index in [0.717, 1.165) is 10.0 Å². The first-order valence-corrected chi connectivity index (χ1v) is 7.89. The Labute approximate surface area is 134 Å². The summed E-state index contributed by atoms with van der Waals surface area (Å²) in [6.45, 7) is 7.89. The van der Waals surface area contributed by atoms with Crippen molar-refractivity contribution < 1.29 is 9.59 Å². The molecule has 0 aromatic heterocycles. The molecule has 2 rings (SSSR count). The summed E-state index contributed by atoms with van der Waals surface area (Å²) in [4.78, 5) is 26.7. The molecule has 0 bridgehead atoms. The number of benzene rings is 1. The van der Waals surface area contributed by atoms with Crippen LogP contribution in [0.4, 0.5) is 0 Å². The third-order valence-electron chi connectivity index (χ3n) is 3.95. The van der Waals surface area contributed by atoms with E-state index in [1.807, 2.05) is 38.1 Å². The van der Waals surface area contributed by atoms with Crippen molar-refractivity contribution in [2.75, 3.05) is 0 Å². The molecule has 4 nitrogen and oxygen atoms in total. The zero-order chi connectivity index (χ0) is 15.8. The quantitative estimate of drug-likeness (QED) is 0.908. The van der Waals surface area contributed by atoms with Crippen LogP contribution in [0.15, 0.2) is 28.7 Å².